The highest BCUT2D eigenvalue weighted by Crippen LogP contribution is 2.15. The van der Waals surface area contributed by atoms with E-state index in [0.717, 1.165) is 11.3 Å². The molecule has 1 aliphatic rings. The van der Waals surface area contributed by atoms with Crippen molar-refractivity contribution >= 4 is 11.9 Å². The van der Waals surface area contributed by atoms with Gasteiger partial charge in [0.1, 0.15) is 0 Å². The van der Waals surface area contributed by atoms with Crippen LogP contribution >= 0.6 is 0 Å². The van der Waals surface area contributed by atoms with Gasteiger partial charge in [0.05, 0.1) is 24.4 Å². The summed E-state index contributed by atoms with van der Waals surface area (Å²) in [5, 5.41) is 2.89. The van der Waals surface area contributed by atoms with E-state index in [1.54, 1.807) is 18.1 Å². The molecular formula is C22H28N4O3. The van der Waals surface area contributed by atoms with Gasteiger partial charge in [-0.3, -0.25) is 9.78 Å². The van der Waals surface area contributed by atoms with Gasteiger partial charge in [0, 0.05) is 38.4 Å². The van der Waals surface area contributed by atoms with E-state index in [0.29, 0.717) is 31.7 Å². The molecule has 1 aromatic carbocycles. The molecule has 1 N–H and O–H groups in total. The van der Waals surface area contributed by atoms with Crippen LogP contribution in [0.25, 0.3) is 0 Å². The van der Waals surface area contributed by atoms with E-state index in [2.05, 4.69) is 10.3 Å². The second-order valence-electron chi connectivity index (χ2n) is 7.50. The van der Waals surface area contributed by atoms with Crippen molar-refractivity contribution in [3.8, 4) is 0 Å². The lowest BCUT2D eigenvalue weighted by molar-refractivity contribution is -0.0586. The minimum absolute atomic E-state index is 0.0117. The van der Waals surface area contributed by atoms with E-state index in [1.807, 2.05) is 61.2 Å². The molecule has 0 spiro atoms. The Morgan fingerprint density at radius 2 is 1.83 bits per heavy atom. The van der Waals surface area contributed by atoms with Gasteiger partial charge in [0.15, 0.2) is 0 Å². The second kappa shape index (κ2) is 9.52. The third-order valence-corrected chi connectivity index (χ3v) is 4.82. The van der Waals surface area contributed by atoms with Gasteiger partial charge in [-0.15, -0.1) is 0 Å². The number of nitrogens with zero attached hydrogens (tertiary/aromatic N) is 3. The molecule has 2 aromatic rings. The molecule has 154 valence electrons. The fourth-order valence-electron chi connectivity index (χ4n) is 3.41. The van der Waals surface area contributed by atoms with E-state index in [1.165, 1.54) is 0 Å². The number of amides is 3. The third kappa shape index (κ3) is 5.77. The maximum atomic E-state index is 12.7. The molecule has 1 fully saturated rings. The average molecular weight is 396 g/mol. The number of nitrogens with one attached hydrogen (secondary N) is 1. The van der Waals surface area contributed by atoms with Crippen molar-refractivity contribution in [3.05, 3.63) is 65.5 Å². The van der Waals surface area contributed by atoms with Crippen molar-refractivity contribution in [1.29, 1.82) is 0 Å². The predicted octanol–water partition coefficient (Wildman–Crippen LogP) is 2.67. The molecule has 0 radical (unpaired) electrons. The van der Waals surface area contributed by atoms with Gasteiger partial charge < -0.3 is 19.9 Å². The monoisotopic (exact) mass is 396 g/mol. The van der Waals surface area contributed by atoms with Crippen molar-refractivity contribution < 1.29 is 14.3 Å². The van der Waals surface area contributed by atoms with Crippen LogP contribution in [0.1, 0.15) is 35.5 Å². The van der Waals surface area contributed by atoms with E-state index >= 15 is 0 Å². The molecule has 1 aliphatic heterocycles. The largest absolute Gasteiger partial charge is 0.372 e. The van der Waals surface area contributed by atoms with Gasteiger partial charge in [-0.05, 0) is 43.7 Å². The highest BCUT2D eigenvalue weighted by atomic mass is 16.5. The number of urea groups is 1. The van der Waals surface area contributed by atoms with Gasteiger partial charge in [0.25, 0.3) is 5.91 Å². The number of carbonyl (C=O) groups is 2. The first-order chi connectivity index (χ1) is 13.9. The Hall–Kier alpha value is -2.93. The van der Waals surface area contributed by atoms with Gasteiger partial charge in [-0.1, -0.05) is 18.2 Å². The van der Waals surface area contributed by atoms with Crippen LogP contribution in [-0.4, -0.2) is 59.1 Å². The summed E-state index contributed by atoms with van der Waals surface area (Å²) in [5.74, 6) is 0.0117. The fraction of sp³-hybridized carbons (Fsp3) is 0.409. The summed E-state index contributed by atoms with van der Waals surface area (Å²) in [5.41, 5.74) is 2.42. The smallest absolute Gasteiger partial charge is 0.317 e. The summed E-state index contributed by atoms with van der Waals surface area (Å²) < 4.78 is 5.69. The van der Waals surface area contributed by atoms with Crippen molar-refractivity contribution in [2.45, 2.75) is 39.1 Å². The molecule has 3 amide bonds. The standard InChI is InChI=1S/C22H28N4O3/c1-16-13-26(14-17(2)29-16)21(27)19-9-7-18(8-10-19)12-24-22(28)25(3)15-20-6-4-5-11-23-20/h4-11,16-17H,12-15H2,1-3H3,(H,24,28). The number of rotatable bonds is 5. The lowest BCUT2D eigenvalue weighted by atomic mass is 10.1. The van der Waals surface area contributed by atoms with Crippen LogP contribution in [0.5, 0.6) is 0 Å². The second-order valence-corrected chi connectivity index (χ2v) is 7.50. The topological polar surface area (TPSA) is 74.8 Å². The van der Waals surface area contributed by atoms with Crippen LogP contribution in [-0.2, 0) is 17.8 Å². The molecule has 0 aliphatic carbocycles. The molecule has 7 nitrogen and oxygen atoms in total. The Bertz CT molecular complexity index is 816. The maximum Gasteiger partial charge on any atom is 0.317 e. The van der Waals surface area contributed by atoms with Crippen molar-refractivity contribution in [2.24, 2.45) is 0 Å². The summed E-state index contributed by atoms with van der Waals surface area (Å²) in [6.07, 6.45) is 1.79. The summed E-state index contributed by atoms with van der Waals surface area (Å²) in [6.45, 7) is 5.99. The highest BCUT2D eigenvalue weighted by Gasteiger charge is 2.26. The SMILES string of the molecule is CC1CN(C(=O)c2ccc(CNC(=O)N(C)Cc3ccccn3)cc2)CC(C)O1. The molecule has 29 heavy (non-hydrogen) atoms. The van der Waals surface area contributed by atoms with Crippen LogP contribution in [0.2, 0.25) is 0 Å². The Kier molecular flexibility index (Phi) is 6.82. The molecule has 0 saturated carbocycles. The summed E-state index contributed by atoms with van der Waals surface area (Å²) in [6, 6.07) is 12.8. The van der Waals surface area contributed by atoms with Crippen LogP contribution < -0.4 is 5.32 Å². The van der Waals surface area contributed by atoms with Crippen LogP contribution in [0.4, 0.5) is 4.79 Å². The third-order valence-electron chi connectivity index (χ3n) is 4.82. The zero-order chi connectivity index (χ0) is 20.8. The molecule has 1 saturated heterocycles. The van der Waals surface area contributed by atoms with Crippen molar-refractivity contribution in [1.82, 2.24) is 20.1 Å². The van der Waals surface area contributed by atoms with Gasteiger partial charge in [0.2, 0.25) is 0 Å². The zero-order valence-electron chi connectivity index (χ0n) is 17.2. The summed E-state index contributed by atoms with van der Waals surface area (Å²) in [4.78, 5) is 32.6. The fourth-order valence-corrected chi connectivity index (χ4v) is 3.41. The molecule has 2 atom stereocenters. The first-order valence-electron chi connectivity index (χ1n) is 9.85. The molecule has 1 aromatic heterocycles. The normalized spacial score (nSPS) is 18.9. The van der Waals surface area contributed by atoms with Crippen LogP contribution in [0, 0.1) is 0 Å². The molecule has 3 rings (SSSR count). The van der Waals surface area contributed by atoms with Crippen molar-refractivity contribution in [2.75, 3.05) is 20.1 Å². The van der Waals surface area contributed by atoms with Crippen LogP contribution in [0.15, 0.2) is 48.7 Å². The van der Waals surface area contributed by atoms with Crippen molar-refractivity contribution in [3.63, 3.8) is 0 Å². The Labute approximate surface area is 171 Å². The van der Waals surface area contributed by atoms with E-state index in [4.69, 9.17) is 4.74 Å². The lowest BCUT2D eigenvalue weighted by Crippen LogP contribution is -2.48. The maximum absolute atomic E-state index is 12.7. The Balaban J connectivity index is 1.51. The molecule has 2 unspecified atom stereocenters. The molecule has 0 bridgehead atoms. The number of benzene rings is 1. The highest BCUT2D eigenvalue weighted by molar-refractivity contribution is 5.94. The summed E-state index contributed by atoms with van der Waals surface area (Å²) in [7, 11) is 1.73. The number of hydrogen-bond donors (Lipinski definition) is 1. The lowest BCUT2D eigenvalue weighted by Gasteiger charge is -2.35. The van der Waals surface area contributed by atoms with Gasteiger partial charge in [-0.2, -0.15) is 0 Å². The first kappa shape index (κ1) is 20.8. The zero-order valence-corrected chi connectivity index (χ0v) is 17.2. The first-order valence-corrected chi connectivity index (χ1v) is 9.85. The molecule has 7 heteroatoms. The quantitative estimate of drug-likeness (QED) is 0.843. The molecule has 2 heterocycles. The number of pyridine rings is 1. The van der Waals surface area contributed by atoms with Gasteiger partial charge in [-0.25, -0.2) is 4.79 Å². The van der Waals surface area contributed by atoms with E-state index in [9.17, 15) is 9.59 Å². The molecular weight excluding hydrogens is 368 g/mol. The average Bonchev–Trinajstić information content (AvgIpc) is 2.72. The summed E-state index contributed by atoms with van der Waals surface area (Å²) >= 11 is 0. The van der Waals surface area contributed by atoms with E-state index < -0.39 is 0 Å². The van der Waals surface area contributed by atoms with Gasteiger partial charge >= 0.3 is 6.03 Å². The van der Waals surface area contributed by atoms with E-state index in [-0.39, 0.29) is 24.1 Å². The number of morpholine rings is 1. The predicted molar refractivity (Wildman–Crippen MR) is 110 cm³/mol. The minimum Gasteiger partial charge on any atom is -0.372 e. The number of aromatic nitrogens is 1. The number of carbonyl (C=O) groups excluding carboxylic acids is 2. The minimum atomic E-state index is -0.174. The Morgan fingerprint density at radius 3 is 2.45 bits per heavy atom. The number of hydrogen-bond acceptors (Lipinski definition) is 4. The van der Waals surface area contributed by atoms with Crippen LogP contribution in [0.3, 0.4) is 0 Å². The Morgan fingerprint density at radius 1 is 1.14 bits per heavy atom. The number of ether oxygens (including phenoxy) is 1.